The van der Waals surface area contributed by atoms with Gasteiger partial charge in [-0.1, -0.05) is 31.5 Å². The van der Waals surface area contributed by atoms with Crippen LogP contribution in [0, 0.1) is 12.8 Å². The fraction of sp³-hybridized carbons (Fsp3) is 0.467. The van der Waals surface area contributed by atoms with E-state index in [9.17, 15) is 4.79 Å². The Kier molecular flexibility index (Phi) is 5.03. The third-order valence-electron chi connectivity index (χ3n) is 3.59. The van der Waals surface area contributed by atoms with Crippen molar-refractivity contribution in [2.45, 2.75) is 40.2 Å². The van der Waals surface area contributed by atoms with E-state index in [0.29, 0.717) is 12.4 Å². The normalized spacial score (nSPS) is 10.9. The highest BCUT2D eigenvalue weighted by atomic mass is 16.1. The van der Waals surface area contributed by atoms with Gasteiger partial charge in [-0.15, -0.1) is 5.10 Å². The number of amides is 1. The van der Waals surface area contributed by atoms with Crippen molar-refractivity contribution < 1.29 is 4.79 Å². The van der Waals surface area contributed by atoms with E-state index in [0.717, 1.165) is 18.5 Å². The summed E-state index contributed by atoms with van der Waals surface area (Å²) in [6.07, 6.45) is 1.68. The number of hydrogen-bond donors (Lipinski definition) is 1. The van der Waals surface area contributed by atoms with E-state index in [1.165, 1.54) is 5.56 Å². The summed E-state index contributed by atoms with van der Waals surface area (Å²) in [6.45, 7) is 6.39. The first-order chi connectivity index (χ1) is 10.2. The Hall–Kier alpha value is -2.24. The molecule has 0 bridgehead atoms. The number of rotatable bonds is 6. The molecule has 21 heavy (non-hydrogen) atoms. The highest BCUT2D eigenvalue weighted by Crippen LogP contribution is 2.10. The molecule has 0 radical (unpaired) electrons. The van der Waals surface area contributed by atoms with Gasteiger partial charge >= 0.3 is 0 Å². The largest absolute Gasteiger partial charge is 0.348 e. The molecule has 0 aliphatic rings. The Balaban J connectivity index is 2.07. The summed E-state index contributed by atoms with van der Waals surface area (Å²) in [5.74, 6) is 0.727. The van der Waals surface area contributed by atoms with Crippen LogP contribution in [0.15, 0.2) is 24.3 Å². The van der Waals surface area contributed by atoms with Gasteiger partial charge in [0.25, 0.3) is 0 Å². The van der Waals surface area contributed by atoms with Gasteiger partial charge in [-0.3, -0.25) is 4.79 Å². The predicted molar refractivity (Wildman–Crippen MR) is 79.8 cm³/mol. The maximum absolute atomic E-state index is 12.0. The zero-order chi connectivity index (χ0) is 15.2. The van der Waals surface area contributed by atoms with Crippen LogP contribution < -0.4 is 5.32 Å². The number of aromatic nitrogens is 4. The first kappa shape index (κ1) is 15.2. The number of nitrogens with zero attached hydrogens (tertiary/aromatic N) is 4. The van der Waals surface area contributed by atoms with Gasteiger partial charge in [0.05, 0.1) is 12.2 Å². The third kappa shape index (κ3) is 3.65. The van der Waals surface area contributed by atoms with E-state index in [2.05, 4.69) is 20.8 Å². The lowest BCUT2D eigenvalue weighted by atomic mass is 10.0. The van der Waals surface area contributed by atoms with Crippen molar-refractivity contribution in [2.24, 2.45) is 5.92 Å². The number of nitrogens with one attached hydrogen (secondary N) is 1. The summed E-state index contributed by atoms with van der Waals surface area (Å²) < 4.78 is 1.65. The first-order valence-electron chi connectivity index (χ1n) is 7.27. The second-order valence-electron chi connectivity index (χ2n) is 5.07. The van der Waals surface area contributed by atoms with Crippen LogP contribution in [0.5, 0.6) is 0 Å². The molecule has 1 aromatic heterocycles. The fourth-order valence-corrected chi connectivity index (χ4v) is 2.17. The first-order valence-corrected chi connectivity index (χ1v) is 7.27. The topological polar surface area (TPSA) is 72.7 Å². The predicted octanol–water partition coefficient (Wildman–Crippen LogP) is 2.02. The summed E-state index contributed by atoms with van der Waals surface area (Å²) in [4.78, 5) is 12.0. The van der Waals surface area contributed by atoms with Gasteiger partial charge in [0.2, 0.25) is 5.91 Å². The molecule has 1 N–H and O–H groups in total. The van der Waals surface area contributed by atoms with Crippen LogP contribution in [0.1, 0.15) is 38.1 Å². The summed E-state index contributed by atoms with van der Waals surface area (Å²) in [5.41, 5.74) is 2.06. The molecular weight excluding hydrogens is 266 g/mol. The summed E-state index contributed by atoms with van der Waals surface area (Å²) in [7, 11) is 0. The molecule has 0 unspecified atom stereocenters. The van der Waals surface area contributed by atoms with Crippen LogP contribution >= 0.6 is 0 Å². The Bertz CT molecular complexity index is 586. The molecule has 2 rings (SSSR count). The molecule has 2 aromatic rings. The average Bonchev–Trinajstić information content (AvgIpc) is 2.95. The molecule has 0 aliphatic carbocycles. The second kappa shape index (κ2) is 6.97. The summed E-state index contributed by atoms with van der Waals surface area (Å²) in [6, 6.07) is 7.92. The van der Waals surface area contributed by atoms with Crippen molar-refractivity contribution in [2.75, 3.05) is 0 Å². The molecule has 0 fully saturated rings. The molecule has 0 spiro atoms. The monoisotopic (exact) mass is 287 g/mol. The highest BCUT2D eigenvalue weighted by Gasteiger charge is 2.15. The lowest BCUT2D eigenvalue weighted by Crippen LogP contribution is -2.30. The highest BCUT2D eigenvalue weighted by molar-refractivity contribution is 5.78. The molecule has 6 nitrogen and oxygen atoms in total. The molecule has 1 heterocycles. The quantitative estimate of drug-likeness (QED) is 0.882. The van der Waals surface area contributed by atoms with Crippen molar-refractivity contribution in [1.29, 1.82) is 0 Å². The number of carbonyl (C=O) groups is 1. The summed E-state index contributed by atoms with van der Waals surface area (Å²) in [5, 5.41) is 14.6. The van der Waals surface area contributed by atoms with Gasteiger partial charge in [-0.25, -0.2) is 0 Å². The Labute approximate surface area is 124 Å². The minimum absolute atomic E-state index is 0.0497. The van der Waals surface area contributed by atoms with Gasteiger partial charge in [-0.05, 0) is 42.3 Å². The fourth-order valence-electron chi connectivity index (χ4n) is 2.17. The molecule has 0 aliphatic heterocycles. The van der Waals surface area contributed by atoms with Crippen molar-refractivity contribution in [3.8, 4) is 5.69 Å². The maximum Gasteiger partial charge on any atom is 0.223 e. The molecule has 0 saturated carbocycles. The Morgan fingerprint density at radius 1 is 1.24 bits per heavy atom. The van der Waals surface area contributed by atoms with Crippen LogP contribution in [-0.2, 0) is 11.3 Å². The van der Waals surface area contributed by atoms with Gasteiger partial charge < -0.3 is 5.32 Å². The lowest BCUT2D eigenvalue weighted by Gasteiger charge is -2.12. The molecule has 0 saturated heterocycles. The molecule has 0 atom stereocenters. The SMILES string of the molecule is CCC(CC)C(=O)NCc1nnnn1-c1ccc(C)cc1. The minimum Gasteiger partial charge on any atom is -0.348 e. The molecule has 6 heteroatoms. The van der Waals surface area contributed by atoms with Crippen molar-refractivity contribution >= 4 is 5.91 Å². The van der Waals surface area contributed by atoms with Crippen LogP contribution in [0.4, 0.5) is 0 Å². The zero-order valence-corrected chi connectivity index (χ0v) is 12.7. The van der Waals surface area contributed by atoms with Crippen LogP contribution in [-0.4, -0.2) is 26.1 Å². The third-order valence-corrected chi connectivity index (χ3v) is 3.59. The number of aryl methyl sites for hydroxylation is 1. The average molecular weight is 287 g/mol. The Morgan fingerprint density at radius 2 is 1.90 bits per heavy atom. The standard InChI is InChI=1S/C15H21N5O/c1-4-12(5-2)15(21)16-10-14-17-18-19-20(14)13-8-6-11(3)7-9-13/h6-9,12H,4-5,10H2,1-3H3,(H,16,21). The number of tetrazole rings is 1. The van der Waals surface area contributed by atoms with Gasteiger partial charge in [0, 0.05) is 5.92 Å². The van der Waals surface area contributed by atoms with Crippen molar-refractivity contribution in [1.82, 2.24) is 25.5 Å². The number of carbonyl (C=O) groups excluding carboxylic acids is 1. The molecule has 1 aromatic carbocycles. The molecule has 1 amide bonds. The summed E-state index contributed by atoms with van der Waals surface area (Å²) >= 11 is 0. The second-order valence-corrected chi connectivity index (χ2v) is 5.07. The van der Waals surface area contributed by atoms with Crippen LogP contribution in [0.2, 0.25) is 0 Å². The van der Waals surface area contributed by atoms with Crippen molar-refractivity contribution in [3.63, 3.8) is 0 Å². The van der Waals surface area contributed by atoms with E-state index < -0.39 is 0 Å². The van der Waals surface area contributed by atoms with E-state index >= 15 is 0 Å². The van der Waals surface area contributed by atoms with Crippen LogP contribution in [0.3, 0.4) is 0 Å². The van der Waals surface area contributed by atoms with E-state index in [1.807, 2.05) is 45.0 Å². The van der Waals surface area contributed by atoms with Gasteiger partial charge in [0.1, 0.15) is 0 Å². The lowest BCUT2D eigenvalue weighted by molar-refractivity contribution is -0.125. The number of hydrogen-bond acceptors (Lipinski definition) is 4. The van der Waals surface area contributed by atoms with Crippen LogP contribution in [0.25, 0.3) is 5.69 Å². The van der Waals surface area contributed by atoms with Gasteiger partial charge in [-0.2, -0.15) is 4.68 Å². The smallest absolute Gasteiger partial charge is 0.223 e. The maximum atomic E-state index is 12.0. The zero-order valence-electron chi connectivity index (χ0n) is 12.7. The van der Waals surface area contributed by atoms with Crippen molar-refractivity contribution in [3.05, 3.63) is 35.7 Å². The molecule has 112 valence electrons. The van der Waals surface area contributed by atoms with E-state index in [4.69, 9.17) is 0 Å². The van der Waals surface area contributed by atoms with E-state index in [1.54, 1.807) is 4.68 Å². The van der Waals surface area contributed by atoms with E-state index in [-0.39, 0.29) is 11.8 Å². The minimum atomic E-state index is 0.0497. The van der Waals surface area contributed by atoms with Gasteiger partial charge in [0.15, 0.2) is 5.82 Å². The molecular formula is C15H21N5O. The number of benzene rings is 1. The Morgan fingerprint density at radius 3 is 2.52 bits per heavy atom.